The van der Waals surface area contributed by atoms with Crippen LogP contribution in [0, 0.1) is 6.92 Å². The molecule has 1 aromatic heterocycles. The summed E-state index contributed by atoms with van der Waals surface area (Å²) < 4.78 is 57.8. The molecule has 25 heavy (non-hydrogen) atoms. The van der Waals surface area contributed by atoms with E-state index in [0.717, 1.165) is 4.68 Å². The smallest absolute Gasteiger partial charge is 0.426 e. The van der Waals surface area contributed by atoms with E-state index in [-0.39, 0.29) is 22.4 Å². The molecule has 1 heterocycles. The molecular weight excluding hydrogens is 364 g/mol. The van der Waals surface area contributed by atoms with Crippen LogP contribution in [0.1, 0.15) is 5.69 Å². The summed E-state index contributed by atoms with van der Waals surface area (Å²) in [6, 6.07) is 8.21. The van der Waals surface area contributed by atoms with Crippen molar-refractivity contribution < 1.29 is 27.1 Å². The number of methoxy groups -OCH3 is 1. The number of ether oxygens (including phenoxy) is 1. The molecular formula is C15H12F4N2O3S. The number of carbonyl (C=O) groups is 1. The van der Waals surface area contributed by atoms with Gasteiger partial charge in [-0.3, -0.25) is 9.89 Å². The normalized spacial score (nSPS) is 12.7. The summed E-state index contributed by atoms with van der Waals surface area (Å²) in [6.07, 6.45) is -5.26. The Labute approximate surface area is 143 Å². The number of hydrogen-bond donors (Lipinski definition) is 1. The van der Waals surface area contributed by atoms with Gasteiger partial charge in [0.15, 0.2) is 10.7 Å². The minimum Gasteiger partial charge on any atom is -0.465 e. The highest BCUT2D eigenvalue weighted by molar-refractivity contribution is 8.03. The first-order valence-corrected chi connectivity index (χ1v) is 7.58. The van der Waals surface area contributed by atoms with Gasteiger partial charge in [-0.05, 0) is 19.1 Å². The number of thioether (sulfide) groups is 1. The molecule has 0 aliphatic carbocycles. The molecule has 0 saturated heterocycles. The van der Waals surface area contributed by atoms with Crippen LogP contribution in [0.3, 0.4) is 0 Å². The first-order valence-electron chi connectivity index (χ1n) is 6.77. The third kappa shape index (κ3) is 3.95. The number of esters is 1. The van der Waals surface area contributed by atoms with E-state index in [1.807, 2.05) is 0 Å². The third-order valence-electron chi connectivity index (χ3n) is 3.09. The quantitative estimate of drug-likeness (QED) is 0.384. The van der Waals surface area contributed by atoms with E-state index in [2.05, 4.69) is 9.84 Å². The monoisotopic (exact) mass is 376 g/mol. The van der Waals surface area contributed by atoms with Crippen LogP contribution in [0.15, 0.2) is 50.8 Å². The van der Waals surface area contributed by atoms with Crippen LogP contribution in [0.25, 0.3) is 5.69 Å². The SMILES string of the molecule is COC(=O)C(=C(F)Sc1c(C)[nH]n(-c2ccccc2)c1=O)C(F)(F)F. The van der Waals surface area contributed by atoms with Crippen molar-refractivity contribution in [1.82, 2.24) is 9.78 Å². The number of aromatic nitrogens is 2. The van der Waals surface area contributed by atoms with Gasteiger partial charge in [-0.1, -0.05) is 30.0 Å². The molecule has 0 aliphatic rings. The number of nitrogens with one attached hydrogen (secondary N) is 1. The highest BCUT2D eigenvalue weighted by Crippen LogP contribution is 2.37. The van der Waals surface area contributed by atoms with Crippen LogP contribution in [-0.2, 0) is 9.53 Å². The Hall–Kier alpha value is -2.49. The van der Waals surface area contributed by atoms with E-state index >= 15 is 0 Å². The van der Waals surface area contributed by atoms with Gasteiger partial charge in [0.25, 0.3) is 5.56 Å². The molecule has 10 heteroatoms. The topological polar surface area (TPSA) is 64.1 Å². The number of benzene rings is 1. The summed E-state index contributed by atoms with van der Waals surface area (Å²) in [7, 11) is 0.704. The fourth-order valence-electron chi connectivity index (χ4n) is 1.96. The van der Waals surface area contributed by atoms with Crippen LogP contribution >= 0.6 is 11.8 Å². The summed E-state index contributed by atoms with van der Waals surface area (Å²) in [5.74, 6) is -1.87. The van der Waals surface area contributed by atoms with Crippen molar-refractivity contribution in [3.8, 4) is 5.69 Å². The number of hydrogen-bond acceptors (Lipinski definition) is 4. The number of para-hydroxylation sites is 1. The Kier molecular flexibility index (Phi) is 5.41. The van der Waals surface area contributed by atoms with Crippen molar-refractivity contribution in [2.45, 2.75) is 18.0 Å². The molecule has 2 aromatic rings. The molecule has 1 aromatic carbocycles. The van der Waals surface area contributed by atoms with Gasteiger partial charge in [0.2, 0.25) is 0 Å². The van der Waals surface area contributed by atoms with Crippen molar-refractivity contribution in [3.63, 3.8) is 0 Å². The predicted octanol–water partition coefficient (Wildman–Crippen LogP) is 3.48. The van der Waals surface area contributed by atoms with E-state index in [4.69, 9.17) is 0 Å². The Morgan fingerprint density at radius 3 is 2.36 bits per heavy atom. The van der Waals surface area contributed by atoms with Crippen molar-refractivity contribution in [2.75, 3.05) is 7.11 Å². The summed E-state index contributed by atoms with van der Waals surface area (Å²) in [5, 5.41) is 0.790. The zero-order valence-electron chi connectivity index (χ0n) is 13.0. The van der Waals surface area contributed by atoms with Gasteiger partial charge in [0, 0.05) is 5.69 Å². The molecule has 0 unspecified atom stereocenters. The number of aryl methyl sites for hydroxylation is 1. The van der Waals surface area contributed by atoms with Crippen molar-refractivity contribution >= 4 is 17.7 Å². The number of nitrogens with zero attached hydrogens (tertiary/aromatic N) is 1. The van der Waals surface area contributed by atoms with Crippen LogP contribution in [0.4, 0.5) is 17.6 Å². The van der Waals surface area contributed by atoms with Gasteiger partial charge < -0.3 is 4.74 Å². The van der Waals surface area contributed by atoms with Gasteiger partial charge >= 0.3 is 12.1 Å². The Morgan fingerprint density at radius 1 is 1.24 bits per heavy atom. The van der Waals surface area contributed by atoms with Gasteiger partial charge in [-0.15, -0.1) is 0 Å². The van der Waals surface area contributed by atoms with E-state index in [1.165, 1.54) is 6.92 Å². The molecule has 0 aliphatic heterocycles. The Balaban J connectivity index is 2.50. The zero-order chi connectivity index (χ0) is 18.8. The number of rotatable bonds is 4. The second-order valence-corrected chi connectivity index (χ2v) is 5.75. The molecule has 0 atom stereocenters. The highest BCUT2D eigenvalue weighted by Gasteiger charge is 2.43. The van der Waals surface area contributed by atoms with Gasteiger partial charge in [0.1, 0.15) is 4.90 Å². The van der Waals surface area contributed by atoms with Gasteiger partial charge in [-0.25, -0.2) is 9.48 Å². The van der Waals surface area contributed by atoms with E-state index < -0.39 is 28.4 Å². The van der Waals surface area contributed by atoms with E-state index in [9.17, 15) is 27.2 Å². The molecule has 0 bridgehead atoms. The summed E-state index contributed by atoms with van der Waals surface area (Å²) in [6.45, 7) is 1.40. The predicted molar refractivity (Wildman–Crippen MR) is 83.2 cm³/mol. The Bertz CT molecular complexity index is 869. The van der Waals surface area contributed by atoms with Gasteiger partial charge in [0.05, 0.1) is 12.8 Å². The summed E-state index contributed by atoms with van der Waals surface area (Å²) in [5.41, 5.74) is -2.25. The molecule has 5 nitrogen and oxygen atoms in total. The first-order chi connectivity index (χ1) is 11.7. The maximum atomic E-state index is 14.1. The average Bonchev–Trinajstić information content (AvgIpc) is 2.82. The van der Waals surface area contributed by atoms with Crippen molar-refractivity contribution in [3.05, 3.63) is 57.1 Å². The second-order valence-electron chi connectivity index (χ2n) is 4.78. The van der Waals surface area contributed by atoms with Gasteiger partial charge in [-0.2, -0.15) is 17.6 Å². The minimum atomic E-state index is -5.26. The molecule has 0 saturated carbocycles. The van der Waals surface area contributed by atoms with Crippen LogP contribution in [-0.4, -0.2) is 29.0 Å². The van der Waals surface area contributed by atoms with E-state index in [1.54, 1.807) is 30.3 Å². The number of alkyl halides is 3. The van der Waals surface area contributed by atoms with Crippen LogP contribution < -0.4 is 5.56 Å². The molecule has 2 rings (SSSR count). The van der Waals surface area contributed by atoms with E-state index in [0.29, 0.717) is 12.8 Å². The summed E-state index contributed by atoms with van der Waals surface area (Å²) in [4.78, 5) is 23.3. The molecule has 1 N–H and O–H groups in total. The molecule has 0 spiro atoms. The Morgan fingerprint density at radius 2 is 1.84 bits per heavy atom. The van der Waals surface area contributed by atoms with Crippen LogP contribution in [0.5, 0.6) is 0 Å². The lowest BCUT2D eigenvalue weighted by molar-refractivity contribution is -0.148. The molecule has 0 fully saturated rings. The maximum Gasteiger partial charge on any atom is 0.426 e. The lowest BCUT2D eigenvalue weighted by Crippen LogP contribution is -2.22. The molecule has 0 radical (unpaired) electrons. The first kappa shape index (κ1) is 18.8. The number of carbonyl (C=O) groups excluding carboxylic acids is 1. The number of H-pyrrole nitrogens is 1. The van der Waals surface area contributed by atoms with Crippen molar-refractivity contribution in [1.29, 1.82) is 0 Å². The number of halogens is 4. The largest absolute Gasteiger partial charge is 0.465 e. The summed E-state index contributed by atoms with van der Waals surface area (Å²) >= 11 is -0.0815. The lowest BCUT2D eigenvalue weighted by atomic mass is 10.3. The fourth-order valence-corrected chi connectivity index (χ4v) is 2.82. The highest BCUT2D eigenvalue weighted by atomic mass is 32.2. The second kappa shape index (κ2) is 7.18. The average molecular weight is 376 g/mol. The molecule has 134 valence electrons. The van der Waals surface area contributed by atoms with Crippen LogP contribution in [0.2, 0.25) is 0 Å². The maximum absolute atomic E-state index is 14.1. The number of aromatic amines is 1. The minimum absolute atomic E-state index is 0.0815. The van der Waals surface area contributed by atoms with Crippen molar-refractivity contribution in [2.24, 2.45) is 0 Å². The third-order valence-corrected chi connectivity index (χ3v) is 4.16. The lowest BCUT2D eigenvalue weighted by Gasteiger charge is -2.10. The molecule has 0 amide bonds. The zero-order valence-corrected chi connectivity index (χ0v) is 13.8. The fraction of sp³-hybridized carbons (Fsp3) is 0.200. The standard InChI is InChI=1S/C15H12F4N2O3S/c1-8-11(13(22)21(20-8)9-6-4-3-5-7-9)25-12(16)10(14(23)24-2)15(17,18)19/h3-7,20H,1-2H3.